The monoisotopic (exact) mass is 217 g/mol. The number of ether oxygens (including phenoxy) is 3. The van der Waals surface area contributed by atoms with Gasteiger partial charge in [-0.05, 0) is 6.42 Å². The van der Waals surface area contributed by atoms with E-state index in [4.69, 9.17) is 4.74 Å². The molecule has 0 saturated carbocycles. The van der Waals surface area contributed by atoms with E-state index in [0.29, 0.717) is 19.4 Å². The Labute approximate surface area is 88.1 Å². The predicted molar refractivity (Wildman–Crippen MR) is 50.1 cm³/mol. The lowest BCUT2D eigenvalue weighted by Gasteiger charge is -2.32. The smallest absolute Gasteiger partial charge is 0.412 e. The molecule has 1 rings (SSSR count). The van der Waals surface area contributed by atoms with E-state index in [1.54, 1.807) is 0 Å². The number of carbonyl (C=O) groups excluding carboxylic acids is 2. The van der Waals surface area contributed by atoms with E-state index in [1.165, 1.54) is 26.2 Å². The minimum Gasteiger partial charge on any atom is -0.465 e. The third-order valence-electron chi connectivity index (χ3n) is 2.57. The number of esters is 1. The second-order valence-electron chi connectivity index (χ2n) is 3.21. The van der Waals surface area contributed by atoms with Gasteiger partial charge in [-0.3, -0.25) is 4.90 Å². The quantitative estimate of drug-likeness (QED) is 0.625. The van der Waals surface area contributed by atoms with Crippen molar-refractivity contribution in [2.45, 2.75) is 18.6 Å². The Balaban J connectivity index is 2.96. The molecule has 1 heterocycles. The summed E-state index contributed by atoms with van der Waals surface area (Å²) in [5.41, 5.74) is -1.32. The maximum atomic E-state index is 11.6. The minimum absolute atomic E-state index is 0.422. The first kappa shape index (κ1) is 11.8. The molecule has 0 unspecified atom stereocenters. The Kier molecular flexibility index (Phi) is 3.52. The molecule has 6 nitrogen and oxygen atoms in total. The Morgan fingerprint density at radius 3 is 2.33 bits per heavy atom. The molecule has 0 bridgehead atoms. The predicted octanol–water partition coefficient (Wildman–Crippen LogP) is 0.364. The maximum Gasteiger partial charge on any atom is 0.412 e. The maximum absolute atomic E-state index is 11.6. The summed E-state index contributed by atoms with van der Waals surface area (Å²) in [6.07, 6.45) is 0.517. The van der Waals surface area contributed by atoms with Crippen LogP contribution in [0.1, 0.15) is 12.8 Å². The Morgan fingerprint density at radius 1 is 1.20 bits per heavy atom. The van der Waals surface area contributed by atoms with Gasteiger partial charge in [-0.2, -0.15) is 0 Å². The third-order valence-corrected chi connectivity index (χ3v) is 2.57. The Morgan fingerprint density at radius 2 is 1.87 bits per heavy atom. The average molecular weight is 217 g/mol. The average Bonchev–Trinajstić information content (AvgIpc) is 2.71. The van der Waals surface area contributed by atoms with E-state index in [2.05, 4.69) is 9.47 Å². The molecule has 1 aliphatic heterocycles. The van der Waals surface area contributed by atoms with Gasteiger partial charge in [0.25, 0.3) is 0 Å². The lowest BCUT2D eigenvalue weighted by Crippen LogP contribution is -2.55. The molecule has 1 aliphatic rings. The van der Waals surface area contributed by atoms with Crippen LogP contribution in [-0.2, 0) is 19.0 Å². The van der Waals surface area contributed by atoms with Gasteiger partial charge in [-0.15, -0.1) is 0 Å². The summed E-state index contributed by atoms with van der Waals surface area (Å²) in [6.45, 7) is 0.426. The molecule has 0 aromatic carbocycles. The second kappa shape index (κ2) is 4.48. The van der Waals surface area contributed by atoms with Crippen LogP contribution in [0.5, 0.6) is 0 Å². The molecule has 1 saturated heterocycles. The molecule has 0 spiro atoms. The number of amides is 1. The molecule has 0 N–H and O–H groups in total. The van der Waals surface area contributed by atoms with E-state index >= 15 is 0 Å². The topological polar surface area (TPSA) is 65.1 Å². The summed E-state index contributed by atoms with van der Waals surface area (Å²) in [4.78, 5) is 24.3. The van der Waals surface area contributed by atoms with Crippen LogP contribution < -0.4 is 0 Å². The highest BCUT2D eigenvalue weighted by Crippen LogP contribution is 2.31. The number of nitrogens with zero attached hydrogens (tertiary/aromatic N) is 1. The van der Waals surface area contributed by atoms with Crippen LogP contribution in [-0.4, -0.2) is 50.6 Å². The zero-order chi connectivity index (χ0) is 11.5. The Hall–Kier alpha value is -1.30. The molecular formula is C9H15NO5. The molecular weight excluding hydrogens is 202 g/mol. The molecule has 15 heavy (non-hydrogen) atoms. The molecule has 1 fully saturated rings. The number of hydrogen-bond donors (Lipinski definition) is 0. The van der Waals surface area contributed by atoms with Crippen molar-refractivity contribution in [2.24, 2.45) is 0 Å². The van der Waals surface area contributed by atoms with Crippen molar-refractivity contribution in [3.05, 3.63) is 0 Å². The first-order valence-electron chi connectivity index (χ1n) is 4.61. The van der Waals surface area contributed by atoms with Gasteiger partial charge in [0.1, 0.15) is 0 Å². The first-order valence-corrected chi connectivity index (χ1v) is 4.61. The van der Waals surface area contributed by atoms with Crippen molar-refractivity contribution in [2.75, 3.05) is 27.9 Å². The minimum atomic E-state index is -1.32. The van der Waals surface area contributed by atoms with Gasteiger partial charge in [0.15, 0.2) is 0 Å². The summed E-state index contributed by atoms with van der Waals surface area (Å²) < 4.78 is 14.4. The summed E-state index contributed by atoms with van der Waals surface area (Å²) in [5, 5.41) is 0. The zero-order valence-corrected chi connectivity index (χ0v) is 9.11. The summed E-state index contributed by atoms with van der Waals surface area (Å²) in [6, 6.07) is 0. The number of hydrogen-bond acceptors (Lipinski definition) is 5. The van der Waals surface area contributed by atoms with Crippen molar-refractivity contribution in [1.29, 1.82) is 0 Å². The molecule has 0 aromatic rings. The van der Waals surface area contributed by atoms with Gasteiger partial charge in [-0.1, -0.05) is 0 Å². The molecule has 0 radical (unpaired) electrons. The number of carbonyl (C=O) groups is 2. The van der Waals surface area contributed by atoms with Crippen molar-refractivity contribution < 1.29 is 23.8 Å². The fraction of sp³-hybridized carbons (Fsp3) is 0.778. The van der Waals surface area contributed by atoms with Crippen molar-refractivity contribution in [3.63, 3.8) is 0 Å². The molecule has 86 valence electrons. The van der Waals surface area contributed by atoms with Crippen LogP contribution >= 0.6 is 0 Å². The molecule has 6 heteroatoms. The zero-order valence-electron chi connectivity index (χ0n) is 9.11. The van der Waals surface area contributed by atoms with Gasteiger partial charge in [-0.25, -0.2) is 9.59 Å². The van der Waals surface area contributed by atoms with E-state index in [9.17, 15) is 9.59 Å². The van der Waals surface area contributed by atoms with Crippen LogP contribution in [0.15, 0.2) is 0 Å². The van der Waals surface area contributed by atoms with Crippen molar-refractivity contribution >= 4 is 12.1 Å². The van der Waals surface area contributed by atoms with E-state index in [-0.39, 0.29) is 0 Å². The largest absolute Gasteiger partial charge is 0.465 e. The fourth-order valence-electron chi connectivity index (χ4n) is 1.81. The molecule has 0 aliphatic carbocycles. The van der Waals surface area contributed by atoms with Crippen LogP contribution in [0.25, 0.3) is 0 Å². The summed E-state index contributed by atoms with van der Waals surface area (Å²) in [5.74, 6) is -0.576. The highest BCUT2D eigenvalue weighted by atomic mass is 16.6. The van der Waals surface area contributed by atoms with Gasteiger partial charge in [0.2, 0.25) is 5.72 Å². The van der Waals surface area contributed by atoms with Gasteiger partial charge >= 0.3 is 12.1 Å². The SMILES string of the molecule is COC(=O)N1CCC[C@@]1(OC)C(=O)OC. The number of likely N-dealkylation sites (tertiary alicyclic amines) is 1. The molecule has 1 amide bonds. The summed E-state index contributed by atoms with van der Waals surface area (Å²) >= 11 is 0. The van der Waals surface area contributed by atoms with Crippen LogP contribution in [0.4, 0.5) is 4.79 Å². The van der Waals surface area contributed by atoms with Crippen molar-refractivity contribution in [1.82, 2.24) is 4.90 Å². The third kappa shape index (κ3) is 1.77. The molecule has 0 aromatic heterocycles. The van der Waals surface area contributed by atoms with Gasteiger partial charge in [0.05, 0.1) is 14.2 Å². The number of rotatable bonds is 2. The van der Waals surface area contributed by atoms with E-state index < -0.39 is 17.8 Å². The van der Waals surface area contributed by atoms with Crippen LogP contribution in [0, 0.1) is 0 Å². The Bertz CT molecular complexity index is 267. The molecule has 1 atom stereocenters. The lowest BCUT2D eigenvalue weighted by atomic mass is 10.1. The summed E-state index contributed by atoms with van der Waals surface area (Å²) in [7, 11) is 3.90. The van der Waals surface area contributed by atoms with Gasteiger partial charge < -0.3 is 14.2 Å². The van der Waals surface area contributed by atoms with Crippen molar-refractivity contribution in [3.8, 4) is 0 Å². The first-order chi connectivity index (χ1) is 7.12. The standard InChI is InChI=1S/C9H15NO5/c1-13-7(11)9(15-3)5-4-6-10(9)8(12)14-2/h4-6H2,1-3H3/t9-/m1/s1. The fourth-order valence-corrected chi connectivity index (χ4v) is 1.81. The van der Waals surface area contributed by atoms with E-state index in [0.717, 1.165) is 0 Å². The van der Waals surface area contributed by atoms with Crippen LogP contribution in [0.3, 0.4) is 0 Å². The normalized spacial score (nSPS) is 25.1. The highest BCUT2D eigenvalue weighted by molar-refractivity contribution is 5.84. The lowest BCUT2D eigenvalue weighted by molar-refractivity contribution is -0.183. The number of methoxy groups -OCH3 is 3. The van der Waals surface area contributed by atoms with E-state index in [1.807, 2.05) is 0 Å². The van der Waals surface area contributed by atoms with Gasteiger partial charge in [0, 0.05) is 20.1 Å². The highest BCUT2D eigenvalue weighted by Gasteiger charge is 2.52. The second-order valence-corrected chi connectivity index (χ2v) is 3.21. The van der Waals surface area contributed by atoms with Crippen LogP contribution in [0.2, 0.25) is 0 Å².